The topological polar surface area (TPSA) is 68.0 Å². The van der Waals surface area contributed by atoms with Crippen LogP contribution in [-0.2, 0) is 6.54 Å². The highest BCUT2D eigenvalue weighted by Crippen LogP contribution is 2.17. The number of nitrogens with one attached hydrogen (secondary N) is 1. The highest BCUT2D eigenvalue weighted by Gasteiger charge is 2.10. The van der Waals surface area contributed by atoms with Gasteiger partial charge in [0.1, 0.15) is 0 Å². The number of anilines is 1. The lowest BCUT2D eigenvalue weighted by Gasteiger charge is -2.09. The molecule has 0 bridgehead atoms. The minimum atomic E-state index is -0.259. The molecule has 2 rings (SSSR count). The van der Waals surface area contributed by atoms with E-state index in [1.54, 1.807) is 24.4 Å². The molecule has 0 aliphatic rings. The summed E-state index contributed by atoms with van der Waals surface area (Å²) in [5, 5.41) is 3.26. The van der Waals surface area contributed by atoms with E-state index in [9.17, 15) is 4.79 Å². The molecule has 1 aromatic carbocycles. The van der Waals surface area contributed by atoms with Crippen LogP contribution in [0.2, 0.25) is 5.02 Å². The first-order valence-corrected chi connectivity index (χ1v) is 6.19. The molecule has 98 valence electrons. The van der Waals surface area contributed by atoms with Crippen LogP contribution in [0.4, 0.5) is 5.69 Å². The number of hydrogen-bond donors (Lipinski definition) is 2. The van der Waals surface area contributed by atoms with Crippen LogP contribution in [-0.4, -0.2) is 10.9 Å². The standard InChI is InChI=1S/C14H14ClN3O/c1-9-3-2-6-17-13(9)8-18-14(19)11-7-10(15)4-5-12(11)16/h2-7H,8,16H2,1H3,(H,18,19). The van der Waals surface area contributed by atoms with E-state index in [1.807, 2.05) is 19.1 Å². The summed E-state index contributed by atoms with van der Waals surface area (Å²) in [6, 6.07) is 8.62. The largest absolute Gasteiger partial charge is 0.398 e. The van der Waals surface area contributed by atoms with Crippen LogP contribution in [0.5, 0.6) is 0 Å². The SMILES string of the molecule is Cc1cccnc1CNC(=O)c1cc(Cl)ccc1N. The second kappa shape index (κ2) is 5.71. The molecule has 4 nitrogen and oxygen atoms in total. The van der Waals surface area contributed by atoms with Gasteiger partial charge in [-0.2, -0.15) is 0 Å². The Morgan fingerprint density at radius 3 is 2.95 bits per heavy atom. The third kappa shape index (κ3) is 3.23. The molecule has 1 heterocycles. The zero-order chi connectivity index (χ0) is 13.8. The van der Waals surface area contributed by atoms with E-state index in [-0.39, 0.29) is 5.91 Å². The van der Waals surface area contributed by atoms with Crippen LogP contribution in [0.1, 0.15) is 21.6 Å². The summed E-state index contributed by atoms with van der Waals surface area (Å²) in [6.45, 7) is 2.31. The van der Waals surface area contributed by atoms with Gasteiger partial charge in [0, 0.05) is 16.9 Å². The van der Waals surface area contributed by atoms with Gasteiger partial charge in [0.15, 0.2) is 0 Å². The van der Waals surface area contributed by atoms with Crippen LogP contribution in [0.15, 0.2) is 36.5 Å². The molecule has 0 unspecified atom stereocenters. The summed E-state index contributed by atoms with van der Waals surface area (Å²) in [7, 11) is 0. The highest BCUT2D eigenvalue weighted by molar-refractivity contribution is 6.31. The van der Waals surface area contributed by atoms with Gasteiger partial charge >= 0.3 is 0 Å². The number of pyridine rings is 1. The van der Waals surface area contributed by atoms with Gasteiger partial charge in [-0.15, -0.1) is 0 Å². The van der Waals surface area contributed by atoms with Crippen molar-refractivity contribution in [2.75, 3.05) is 5.73 Å². The molecule has 19 heavy (non-hydrogen) atoms. The van der Waals surface area contributed by atoms with Crippen molar-refractivity contribution in [2.24, 2.45) is 0 Å². The Morgan fingerprint density at radius 1 is 1.42 bits per heavy atom. The first-order valence-electron chi connectivity index (χ1n) is 5.81. The van der Waals surface area contributed by atoms with Crippen molar-refractivity contribution < 1.29 is 4.79 Å². The number of benzene rings is 1. The van der Waals surface area contributed by atoms with Crippen molar-refractivity contribution in [3.8, 4) is 0 Å². The summed E-state index contributed by atoms with van der Waals surface area (Å²) < 4.78 is 0. The summed E-state index contributed by atoms with van der Waals surface area (Å²) >= 11 is 5.86. The average molecular weight is 276 g/mol. The molecule has 0 atom stereocenters. The predicted molar refractivity (Wildman–Crippen MR) is 76.0 cm³/mol. The molecule has 0 fully saturated rings. The summed E-state index contributed by atoms with van der Waals surface area (Å²) in [5.41, 5.74) is 8.39. The Balaban J connectivity index is 2.10. The maximum absolute atomic E-state index is 12.0. The second-order valence-corrected chi connectivity index (χ2v) is 4.62. The van der Waals surface area contributed by atoms with Crippen LogP contribution in [0.3, 0.4) is 0 Å². The number of nitrogens with zero attached hydrogens (tertiary/aromatic N) is 1. The Hall–Kier alpha value is -2.07. The maximum Gasteiger partial charge on any atom is 0.253 e. The van der Waals surface area contributed by atoms with Gasteiger partial charge in [-0.3, -0.25) is 9.78 Å². The smallest absolute Gasteiger partial charge is 0.253 e. The number of carbonyl (C=O) groups is 1. The Bertz CT molecular complexity index is 613. The van der Waals surface area contributed by atoms with Crippen molar-refractivity contribution in [1.29, 1.82) is 0 Å². The maximum atomic E-state index is 12.0. The van der Waals surface area contributed by atoms with Crippen molar-refractivity contribution in [1.82, 2.24) is 10.3 Å². The molecule has 0 spiro atoms. The molecule has 1 amide bonds. The third-order valence-electron chi connectivity index (χ3n) is 2.79. The number of aromatic nitrogens is 1. The number of amides is 1. The Morgan fingerprint density at radius 2 is 2.21 bits per heavy atom. The summed E-state index contributed by atoms with van der Waals surface area (Å²) in [4.78, 5) is 16.2. The van der Waals surface area contributed by atoms with Crippen molar-refractivity contribution in [3.05, 3.63) is 58.4 Å². The fourth-order valence-electron chi connectivity index (χ4n) is 1.69. The van der Waals surface area contributed by atoms with Crippen molar-refractivity contribution >= 4 is 23.2 Å². The predicted octanol–water partition coefficient (Wildman–Crippen LogP) is 2.56. The van der Waals surface area contributed by atoms with Gasteiger partial charge in [0.25, 0.3) is 5.91 Å². The molecule has 2 aromatic rings. The van der Waals surface area contributed by atoms with E-state index in [2.05, 4.69) is 10.3 Å². The summed E-state index contributed by atoms with van der Waals surface area (Å²) in [6.07, 6.45) is 1.70. The lowest BCUT2D eigenvalue weighted by molar-refractivity contribution is 0.0951. The molecule has 0 aliphatic heterocycles. The fourth-order valence-corrected chi connectivity index (χ4v) is 1.86. The Labute approximate surface area is 116 Å². The number of nitrogen functional groups attached to an aromatic ring is 1. The number of aryl methyl sites for hydroxylation is 1. The monoisotopic (exact) mass is 275 g/mol. The molecular weight excluding hydrogens is 262 g/mol. The molecule has 0 aliphatic carbocycles. The van der Waals surface area contributed by atoms with Gasteiger partial charge in [0.05, 0.1) is 17.8 Å². The average Bonchev–Trinajstić information content (AvgIpc) is 2.40. The number of halogens is 1. The van der Waals surface area contributed by atoms with Gasteiger partial charge in [-0.25, -0.2) is 0 Å². The molecule has 1 aromatic heterocycles. The van der Waals surface area contributed by atoms with E-state index < -0.39 is 0 Å². The minimum absolute atomic E-state index is 0.259. The summed E-state index contributed by atoms with van der Waals surface area (Å²) in [5.74, 6) is -0.259. The van der Waals surface area contributed by atoms with Gasteiger partial charge in [-0.1, -0.05) is 17.7 Å². The first kappa shape index (κ1) is 13.4. The molecule has 0 saturated heterocycles. The lowest BCUT2D eigenvalue weighted by atomic mass is 10.1. The lowest BCUT2D eigenvalue weighted by Crippen LogP contribution is -2.24. The quantitative estimate of drug-likeness (QED) is 0.846. The van der Waals surface area contributed by atoms with Crippen LogP contribution < -0.4 is 11.1 Å². The Kier molecular flexibility index (Phi) is 4.02. The molecule has 5 heteroatoms. The van der Waals surface area contributed by atoms with Crippen LogP contribution in [0.25, 0.3) is 0 Å². The van der Waals surface area contributed by atoms with E-state index >= 15 is 0 Å². The van der Waals surface area contributed by atoms with Gasteiger partial charge in [0.2, 0.25) is 0 Å². The van der Waals surface area contributed by atoms with Gasteiger partial charge in [-0.05, 0) is 36.8 Å². The fraction of sp³-hybridized carbons (Fsp3) is 0.143. The highest BCUT2D eigenvalue weighted by atomic mass is 35.5. The minimum Gasteiger partial charge on any atom is -0.398 e. The number of nitrogens with two attached hydrogens (primary N) is 1. The van der Waals surface area contributed by atoms with E-state index in [0.717, 1.165) is 11.3 Å². The zero-order valence-corrected chi connectivity index (χ0v) is 11.2. The number of carbonyl (C=O) groups excluding carboxylic acids is 1. The molecule has 0 saturated carbocycles. The van der Waals surface area contributed by atoms with Crippen LogP contribution >= 0.6 is 11.6 Å². The third-order valence-corrected chi connectivity index (χ3v) is 3.03. The van der Waals surface area contributed by atoms with Gasteiger partial charge < -0.3 is 11.1 Å². The van der Waals surface area contributed by atoms with E-state index in [4.69, 9.17) is 17.3 Å². The first-order chi connectivity index (χ1) is 9.08. The molecule has 0 radical (unpaired) electrons. The number of rotatable bonds is 3. The molecule has 3 N–H and O–H groups in total. The zero-order valence-electron chi connectivity index (χ0n) is 10.5. The molecular formula is C14H14ClN3O. The van der Waals surface area contributed by atoms with E-state index in [0.29, 0.717) is 22.8 Å². The number of hydrogen-bond acceptors (Lipinski definition) is 3. The van der Waals surface area contributed by atoms with E-state index in [1.165, 1.54) is 0 Å². The second-order valence-electron chi connectivity index (χ2n) is 4.18. The van der Waals surface area contributed by atoms with Crippen LogP contribution in [0, 0.1) is 6.92 Å². The van der Waals surface area contributed by atoms with Crippen molar-refractivity contribution in [3.63, 3.8) is 0 Å². The normalized spacial score (nSPS) is 10.2. The van der Waals surface area contributed by atoms with Crippen molar-refractivity contribution in [2.45, 2.75) is 13.5 Å².